The van der Waals surface area contributed by atoms with Crippen LogP contribution in [0.5, 0.6) is 0 Å². The van der Waals surface area contributed by atoms with Crippen molar-refractivity contribution in [2.24, 2.45) is 0 Å². The quantitative estimate of drug-likeness (QED) is 0.527. The summed E-state index contributed by atoms with van der Waals surface area (Å²) in [4.78, 5) is -0.113. The first-order chi connectivity index (χ1) is 4.51. The van der Waals surface area contributed by atoms with Gasteiger partial charge in [-0.3, -0.25) is 0 Å². The Kier molecular flexibility index (Phi) is 2.76. The lowest BCUT2D eigenvalue weighted by Gasteiger charge is -2.33. The van der Waals surface area contributed by atoms with E-state index in [2.05, 4.69) is 0 Å². The predicted octanol–water partition coefficient (Wildman–Crippen LogP) is 3.38. The van der Waals surface area contributed by atoms with Crippen LogP contribution < -0.4 is 0 Å². The van der Waals surface area contributed by atoms with Gasteiger partial charge in [-0.05, 0) is 26.2 Å². The minimum absolute atomic E-state index is 0.0536. The van der Waals surface area contributed by atoms with Crippen molar-refractivity contribution in [1.29, 1.82) is 0 Å². The lowest BCUT2D eigenvalue weighted by molar-refractivity contribution is 0.425. The molecule has 0 aromatic carbocycles. The van der Waals surface area contributed by atoms with Crippen molar-refractivity contribution in [3.8, 4) is 0 Å². The third-order valence-corrected chi connectivity index (χ3v) is 3.41. The number of halogens is 3. The van der Waals surface area contributed by atoms with Gasteiger partial charge in [-0.2, -0.15) is 0 Å². The van der Waals surface area contributed by atoms with Crippen molar-refractivity contribution in [1.82, 2.24) is 0 Å². The summed E-state index contributed by atoms with van der Waals surface area (Å²) >= 11 is 17.9. The van der Waals surface area contributed by atoms with Gasteiger partial charge in [-0.15, -0.1) is 34.8 Å². The smallest absolute Gasteiger partial charge is 0.0516 e. The molecule has 0 heterocycles. The van der Waals surface area contributed by atoms with E-state index in [0.717, 1.165) is 19.3 Å². The zero-order valence-electron chi connectivity index (χ0n) is 5.91. The average Bonchev–Trinajstić information content (AvgIpc) is 1.79. The second-order valence-electron chi connectivity index (χ2n) is 3.19. The van der Waals surface area contributed by atoms with Crippen molar-refractivity contribution < 1.29 is 0 Å². The molecule has 0 N–H and O–H groups in total. The summed E-state index contributed by atoms with van der Waals surface area (Å²) in [5.41, 5.74) is 0. The second-order valence-corrected chi connectivity index (χ2v) is 5.22. The summed E-state index contributed by atoms with van der Waals surface area (Å²) in [7, 11) is 0. The molecular weight excluding hydrogens is 190 g/mol. The molecule has 3 heteroatoms. The fraction of sp³-hybridized carbons (Fsp3) is 1.00. The van der Waals surface area contributed by atoms with Crippen LogP contribution in [-0.2, 0) is 0 Å². The molecule has 1 aliphatic carbocycles. The summed E-state index contributed by atoms with van der Waals surface area (Å²) in [5, 5.41) is 0.173. The van der Waals surface area contributed by atoms with E-state index in [4.69, 9.17) is 34.8 Å². The third-order valence-electron chi connectivity index (χ3n) is 1.95. The van der Waals surface area contributed by atoms with Crippen molar-refractivity contribution >= 4 is 34.8 Å². The van der Waals surface area contributed by atoms with Gasteiger partial charge in [0.15, 0.2) is 0 Å². The van der Waals surface area contributed by atoms with Crippen LogP contribution in [-0.4, -0.2) is 15.6 Å². The highest BCUT2D eigenvalue weighted by Gasteiger charge is 2.34. The maximum absolute atomic E-state index is 6.09. The number of hydrogen-bond acceptors (Lipinski definition) is 0. The van der Waals surface area contributed by atoms with E-state index >= 15 is 0 Å². The maximum atomic E-state index is 6.09. The maximum Gasteiger partial charge on any atom is 0.0516 e. The van der Waals surface area contributed by atoms with Crippen molar-refractivity contribution in [2.45, 2.75) is 41.8 Å². The van der Waals surface area contributed by atoms with Crippen molar-refractivity contribution in [3.63, 3.8) is 0 Å². The van der Waals surface area contributed by atoms with Gasteiger partial charge in [0.05, 0.1) is 10.8 Å². The summed E-state index contributed by atoms with van der Waals surface area (Å²) in [5.74, 6) is 0. The Balaban J connectivity index is 2.49. The van der Waals surface area contributed by atoms with Gasteiger partial charge in [-0.25, -0.2) is 0 Å². The Morgan fingerprint density at radius 2 is 1.90 bits per heavy atom. The molecule has 10 heavy (non-hydrogen) atoms. The highest BCUT2D eigenvalue weighted by molar-refractivity contribution is 6.31. The second kappa shape index (κ2) is 3.08. The monoisotopic (exact) mass is 200 g/mol. The first-order valence-electron chi connectivity index (χ1n) is 3.48. The largest absolute Gasteiger partial charge is 0.121 e. The Morgan fingerprint density at radius 3 is 2.30 bits per heavy atom. The Labute approximate surface area is 76.8 Å². The van der Waals surface area contributed by atoms with E-state index in [-0.39, 0.29) is 15.6 Å². The fourth-order valence-corrected chi connectivity index (χ4v) is 2.28. The number of hydrogen-bond donors (Lipinski definition) is 0. The molecule has 3 atom stereocenters. The molecule has 0 saturated heterocycles. The van der Waals surface area contributed by atoms with Gasteiger partial charge in [0.25, 0.3) is 0 Å². The van der Waals surface area contributed by atoms with E-state index < -0.39 is 0 Å². The molecule has 0 aromatic heterocycles. The zero-order chi connectivity index (χ0) is 7.78. The van der Waals surface area contributed by atoms with Crippen LogP contribution >= 0.6 is 34.8 Å². The van der Waals surface area contributed by atoms with Crippen LogP contribution in [0.15, 0.2) is 0 Å². The molecule has 0 nitrogen and oxygen atoms in total. The standard InChI is InChI=1S/C7H11Cl3/c1-7(10)3-2-5(8)6(9)4-7/h5-6H,2-4H2,1H3. The van der Waals surface area contributed by atoms with E-state index in [1.165, 1.54) is 0 Å². The van der Waals surface area contributed by atoms with Gasteiger partial charge in [0.1, 0.15) is 0 Å². The first kappa shape index (κ1) is 8.96. The molecule has 1 rings (SSSR count). The first-order valence-corrected chi connectivity index (χ1v) is 4.73. The predicted molar refractivity (Wildman–Crippen MR) is 47.4 cm³/mol. The summed E-state index contributed by atoms with van der Waals surface area (Å²) < 4.78 is 0. The van der Waals surface area contributed by atoms with Crippen LogP contribution in [0.25, 0.3) is 0 Å². The van der Waals surface area contributed by atoms with E-state index in [1.807, 2.05) is 6.92 Å². The highest BCUT2D eigenvalue weighted by atomic mass is 35.5. The van der Waals surface area contributed by atoms with Gasteiger partial charge in [0, 0.05) is 4.87 Å². The van der Waals surface area contributed by atoms with Gasteiger partial charge in [-0.1, -0.05) is 0 Å². The van der Waals surface area contributed by atoms with Gasteiger partial charge in [0.2, 0.25) is 0 Å². The fourth-order valence-electron chi connectivity index (χ4n) is 1.26. The van der Waals surface area contributed by atoms with Crippen molar-refractivity contribution in [2.75, 3.05) is 0 Å². The van der Waals surface area contributed by atoms with E-state index in [0.29, 0.717) is 0 Å². The summed E-state index contributed by atoms with van der Waals surface area (Å²) in [6.45, 7) is 2.02. The minimum atomic E-state index is -0.113. The van der Waals surface area contributed by atoms with E-state index in [9.17, 15) is 0 Å². The molecule has 60 valence electrons. The number of alkyl halides is 3. The molecule has 0 spiro atoms. The van der Waals surface area contributed by atoms with Crippen LogP contribution in [0.3, 0.4) is 0 Å². The van der Waals surface area contributed by atoms with Crippen molar-refractivity contribution in [3.05, 3.63) is 0 Å². The summed E-state index contributed by atoms with van der Waals surface area (Å²) in [6.07, 6.45) is 2.74. The Morgan fingerprint density at radius 1 is 1.30 bits per heavy atom. The topological polar surface area (TPSA) is 0 Å². The molecular formula is C7H11Cl3. The Hall–Kier alpha value is 0.870. The normalized spacial score (nSPS) is 49.2. The molecule has 0 radical (unpaired) electrons. The van der Waals surface area contributed by atoms with Crippen LogP contribution in [0.1, 0.15) is 26.2 Å². The molecule has 0 aromatic rings. The van der Waals surface area contributed by atoms with Gasteiger partial charge >= 0.3 is 0 Å². The highest BCUT2D eigenvalue weighted by Crippen LogP contribution is 2.38. The summed E-state index contributed by atoms with van der Waals surface area (Å²) in [6, 6.07) is 0. The molecule has 3 unspecified atom stereocenters. The molecule has 0 bridgehead atoms. The SMILES string of the molecule is CC1(Cl)CCC(Cl)C(Cl)C1. The van der Waals surface area contributed by atoms with Crippen LogP contribution in [0.4, 0.5) is 0 Å². The lowest BCUT2D eigenvalue weighted by Crippen LogP contribution is -2.33. The van der Waals surface area contributed by atoms with Gasteiger partial charge < -0.3 is 0 Å². The van der Waals surface area contributed by atoms with Crippen LogP contribution in [0, 0.1) is 0 Å². The Bertz CT molecular complexity index is 122. The third kappa shape index (κ3) is 2.18. The minimum Gasteiger partial charge on any atom is -0.121 e. The lowest BCUT2D eigenvalue weighted by atomic mass is 9.89. The molecule has 0 aliphatic heterocycles. The van der Waals surface area contributed by atoms with Crippen LogP contribution in [0.2, 0.25) is 0 Å². The molecule has 0 amide bonds. The molecule has 1 fully saturated rings. The number of rotatable bonds is 0. The molecule has 1 saturated carbocycles. The zero-order valence-corrected chi connectivity index (χ0v) is 8.18. The van der Waals surface area contributed by atoms with E-state index in [1.54, 1.807) is 0 Å². The average molecular weight is 202 g/mol. The molecule has 1 aliphatic rings.